The highest BCUT2D eigenvalue weighted by molar-refractivity contribution is 7.89. The Morgan fingerprint density at radius 2 is 1.79 bits per heavy atom. The minimum atomic E-state index is -3.78. The van der Waals surface area contributed by atoms with Crippen molar-refractivity contribution >= 4 is 21.6 Å². The van der Waals surface area contributed by atoms with Crippen molar-refractivity contribution in [3.8, 4) is 5.75 Å². The Labute approximate surface area is 165 Å². The average Bonchev–Trinajstić information content (AvgIpc) is 2.67. The van der Waals surface area contributed by atoms with Crippen LogP contribution in [-0.2, 0) is 10.0 Å². The lowest BCUT2D eigenvalue weighted by atomic mass is 9.94. The van der Waals surface area contributed by atoms with Crippen molar-refractivity contribution in [3.05, 3.63) is 48.3 Å². The molecule has 1 fully saturated rings. The molecule has 3 rings (SSSR count). The van der Waals surface area contributed by atoms with Gasteiger partial charge in [0.1, 0.15) is 10.6 Å². The van der Waals surface area contributed by atoms with Crippen molar-refractivity contribution in [3.63, 3.8) is 0 Å². The van der Waals surface area contributed by atoms with E-state index < -0.39 is 15.9 Å². The molecule has 28 heavy (non-hydrogen) atoms. The summed E-state index contributed by atoms with van der Waals surface area (Å²) in [6.07, 6.45) is 4.13. The number of amides is 1. The molecule has 0 saturated carbocycles. The molecule has 1 aliphatic rings. The fourth-order valence-electron chi connectivity index (χ4n) is 3.60. The lowest BCUT2D eigenvalue weighted by Gasteiger charge is -2.34. The summed E-state index contributed by atoms with van der Waals surface area (Å²) < 4.78 is 33.4. The molecule has 0 bridgehead atoms. The van der Waals surface area contributed by atoms with Gasteiger partial charge in [0, 0.05) is 36.7 Å². The second-order valence-electron chi connectivity index (χ2n) is 7.32. The van der Waals surface area contributed by atoms with Crippen molar-refractivity contribution in [2.24, 2.45) is 11.8 Å². The van der Waals surface area contributed by atoms with Gasteiger partial charge < -0.3 is 10.1 Å². The summed E-state index contributed by atoms with van der Waals surface area (Å²) >= 11 is 0. The minimum Gasteiger partial charge on any atom is -0.495 e. The topological polar surface area (TPSA) is 88.6 Å². The molecule has 2 aromatic rings. The van der Waals surface area contributed by atoms with Gasteiger partial charge in [-0.05, 0) is 48.6 Å². The number of methoxy groups -OCH3 is 1. The molecule has 1 N–H and O–H groups in total. The smallest absolute Gasteiger partial charge is 0.255 e. The quantitative estimate of drug-likeness (QED) is 0.829. The number of anilines is 1. The molecule has 1 amide bonds. The second kappa shape index (κ2) is 8.28. The number of pyridine rings is 1. The summed E-state index contributed by atoms with van der Waals surface area (Å²) in [4.78, 5) is 16.5. The van der Waals surface area contributed by atoms with E-state index >= 15 is 0 Å². The molecule has 1 saturated heterocycles. The molecule has 8 heteroatoms. The predicted octanol–water partition coefficient (Wildman–Crippen LogP) is 3.01. The Balaban J connectivity index is 1.93. The molecule has 1 aromatic carbocycles. The first-order valence-electron chi connectivity index (χ1n) is 9.21. The Morgan fingerprint density at radius 3 is 2.39 bits per heavy atom. The fourth-order valence-corrected chi connectivity index (χ4v) is 5.46. The zero-order valence-electron chi connectivity index (χ0n) is 16.3. The molecule has 0 radical (unpaired) electrons. The first kappa shape index (κ1) is 20.3. The van der Waals surface area contributed by atoms with E-state index in [1.807, 2.05) is 13.8 Å². The molecule has 0 aliphatic carbocycles. The van der Waals surface area contributed by atoms with Crippen LogP contribution in [0.1, 0.15) is 30.6 Å². The van der Waals surface area contributed by atoms with E-state index in [0.717, 1.165) is 6.42 Å². The largest absolute Gasteiger partial charge is 0.495 e. The lowest BCUT2D eigenvalue weighted by Crippen LogP contribution is -2.42. The minimum absolute atomic E-state index is 0.0127. The molecule has 2 atom stereocenters. The van der Waals surface area contributed by atoms with Gasteiger partial charge in [-0.15, -0.1) is 0 Å². The normalized spacial score (nSPS) is 20.5. The number of hydrogen-bond acceptors (Lipinski definition) is 5. The number of nitrogens with one attached hydrogen (secondary N) is 1. The fraction of sp³-hybridized carbons (Fsp3) is 0.400. The van der Waals surface area contributed by atoms with E-state index in [-0.39, 0.29) is 28.0 Å². The van der Waals surface area contributed by atoms with Crippen LogP contribution in [0.2, 0.25) is 0 Å². The molecule has 150 valence electrons. The number of ether oxygens (including phenoxy) is 1. The molecule has 7 nitrogen and oxygen atoms in total. The number of carbonyl (C=O) groups is 1. The van der Waals surface area contributed by atoms with Crippen molar-refractivity contribution in [2.45, 2.75) is 25.2 Å². The van der Waals surface area contributed by atoms with Crippen LogP contribution < -0.4 is 10.1 Å². The number of rotatable bonds is 5. The van der Waals surface area contributed by atoms with Crippen LogP contribution in [0.4, 0.5) is 5.69 Å². The maximum Gasteiger partial charge on any atom is 0.255 e. The summed E-state index contributed by atoms with van der Waals surface area (Å²) in [5.74, 6) is 0.391. The van der Waals surface area contributed by atoms with Gasteiger partial charge in [-0.1, -0.05) is 13.8 Å². The van der Waals surface area contributed by atoms with Crippen LogP contribution in [0.5, 0.6) is 5.75 Å². The van der Waals surface area contributed by atoms with Gasteiger partial charge in [0.15, 0.2) is 0 Å². The average molecular weight is 404 g/mol. The van der Waals surface area contributed by atoms with Crippen molar-refractivity contribution < 1.29 is 17.9 Å². The SMILES string of the molecule is COc1ccc(C(=O)Nc2ccncc2)cc1S(=O)(=O)N1CC(C)CC(C)C1. The second-order valence-corrected chi connectivity index (χ2v) is 9.23. The first-order valence-corrected chi connectivity index (χ1v) is 10.6. The van der Waals surface area contributed by atoms with E-state index in [1.165, 1.54) is 23.5 Å². The Hall–Kier alpha value is -2.45. The summed E-state index contributed by atoms with van der Waals surface area (Å²) in [6.45, 7) is 5.02. The van der Waals surface area contributed by atoms with Crippen LogP contribution in [0.3, 0.4) is 0 Å². The Bertz CT molecular complexity index is 937. The number of piperidine rings is 1. The van der Waals surface area contributed by atoms with Gasteiger partial charge in [0.05, 0.1) is 7.11 Å². The lowest BCUT2D eigenvalue weighted by molar-refractivity contribution is 0.102. The highest BCUT2D eigenvalue weighted by Gasteiger charge is 2.34. The van der Waals surface area contributed by atoms with Crippen molar-refractivity contribution in [1.29, 1.82) is 0 Å². The molecule has 2 unspecified atom stereocenters. The van der Waals surface area contributed by atoms with E-state index in [0.29, 0.717) is 18.8 Å². The summed E-state index contributed by atoms with van der Waals surface area (Å²) in [7, 11) is -2.36. The van der Waals surface area contributed by atoms with Gasteiger partial charge in [-0.3, -0.25) is 9.78 Å². The summed E-state index contributed by atoms with van der Waals surface area (Å²) in [6, 6.07) is 7.78. The molecule has 1 aliphatic heterocycles. The van der Waals surface area contributed by atoms with Crippen molar-refractivity contribution in [2.75, 3.05) is 25.5 Å². The Morgan fingerprint density at radius 1 is 1.14 bits per heavy atom. The van der Waals surface area contributed by atoms with E-state index in [4.69, 9.17) is 4.74 Å². The van der Waals surface area contributed by atoms with Crippen LogP contribution in [0, 0.1) is 11.8 Å². The highest BCUT2D eigenvalue weighted by atomic mass is 32.2. The van der Waals surface area contributed by atoms with E-state index in [9.17, 15) is 13.2 Å². The maximum absolute atomic E-state index is 13.3. The number of benzene rings is 1. The van der Waals surface area contributed by atoms with Crippen LogP contribution in [-0.4, -0.2) is 43.8 Å². The van der Waals surface area contributed by atoms with Gasteiger partial charge >= 0.3 is 0 Å². The predicted molar refractivity (Wildman–Crippen MR) is 107 cm³/mol. The standard InChI is InChI=1S/C20H25N3O4S/c1-14-10-15(2)13-23(12-14)28(25,26)19-11-16(4-5-18(19)27-3)20(24)22-17-6-8-21-9-7-17/h4-9,11,14-15H,10,12-13H2,1-3H3,(H,21,22,24). The third-order valence-corrected chi connectivity index (χ3v) is 6.67. The van der Waals surface area contributed by atoms with Gasteiger partial charge in [-0.2, -0.15) is 4.31 Å². The number of aromatic nitrogens is 1. The number of nitrogens with zero attached hydrogens (tertiary/aromatic N) is 2. The molecular formula is C20H25N3O4S. The molecule has 1 aromatic heterocycles. The van der Waals surface area contributed by atoms with E-state index in [2.05, 4.69) is 10.3 Å². The Kier molecular flexibility index (Phi) is 6.00. The number of hydrogen-bond donors (Lipinski definition) is 1. The summed E-state index contributed by atoms with van der Waals surface area (Å²) in [5, 5.41) is 2.74. The molecular weight excluding hydrogens is 378 g/mol. The van der Waals surface area contributed by atoms with E-state index in [1.54, 1.807) is 30.6 Å². The van der Waals surface area contributed by atoms with Crippen LogP contribution in [0.15, 0.2) is 47.6 Å². The maximum atomic E-state index is 13.3. The van der Waals surface area contributed by atoms with Crippen LogP contribution in [0.25, 0.3) is 0 Å². The number of carbonyl (C=O) groups excluding carboxylic acids is 1. The van der Waals surface area contributed by atoms with Gasteiger partial charge in [0.2, 0.25) is 10.0 Å². The van der Waals surface area contributed by atoms with Crippen molar-refractivity contribution in [1.82, 2.24) is 9.29 Å². The van der Waals surface area contributed by atoms with Crippen LogP contribution >= 0.6 is 0 Å². The monoisotopic (exact) mass is 403 g/mol. The molecule has 2 heterocycles. The highest BCUT2D eigenvalue weighted by Crippen LogP contribution is 2.32. The third-order valence-electron chi connectivity index (χ3n) is 4.82. The summed E-state index contributed by atoms with van der Waals surface area (Å²) in [5.41, 5.74) is 0.827. The molecule has 0 spiro atoms. The van der Waals surface area contributed by atoms with Gasteiger partial charge in [-0.25, -0.2) is 8.42 Å². The first-order chi connectivity index (χ1) is 13.3. The zero-order valence-corrected chi connectivity index (χ0v) is 17.1. The van der Waals surface area contributed by atoms with Gasteiger partial charge in [0.25, 0.3) is 5.91 Å². The number of sulfonamides is 1. The third kappa shape index (κ3) is 4.34. The zero-order chi connectivity index (χ0) is 20.3.